The first-order valence-electron chi connectivity index (χ1n) is 7.66. The first kappa shape index (κ1) is 14.1. The fourth-order valence-corrected chi connectivity index (χ4v) is 2.77. The number of hydrogen-bond donors (Lipinski definition) is 0. The first-order chi connectivity index (χ1) is 11.1. The van der Waals surface area contributed by atoms with Gasteiger partial charge >= 0.3 is 0 Å². The average Bonchev–Trinajstić information content (AvgIpc) is 3.26. The Morgan fingerprint density at radius 2 is 2.13 bits per heavy atom. The third-order valence-corrected chi connectivity index (χ3v) is 4.20. The van der Waals surface area contributed by atoms with Gasteiger partial charge in [0, 0.05) is 32.3 Å². The Labute approximate surface area is 133 Å². The van der Waals surface area contributed by atoms with Gasteiger partial charge in [0.1, 0.15) is 11.4 Å². The SMILES string of the molecule is Cc1cc(-c2nc(C3CCOC3)nn2-c2cnn(C)c2)nn1C. The Kier molecular flexibility index (Phi) is 3.26. The van der Waals surface area contributed by atoms with Gasteiger partial charge in [-0.3, -0.25) is 9.36 Å². The van der Waals surface area contributed by atoms with Gasteiger partial charge in [0.25, 0.3) is 0 Å². The van der Waals surface area contributed by atoms with Crippen LogP contribution in [-0.2, 0) is 18.8 Å². The standard InChI is InChI=1S/C15H19N7O/c1-10-6-13(18-21(10)3)15-17-14(11-4-5-23-9-11)19-22(15)12-7-16-20(2)8-12/h6-8,11H,4-5,9H2,1-3H3. The second kappa shape index (κ2) is 5.31. The molecule has 3 aromatic heterocycles. The van der Waals surface area contributed by atoms with E-state index in [1.165, 1.54) is 0 Å². The zero-order valence-corrected chi connectivity index (χ0v) is 13.5. The molecule has 8 nitrogen and oxygen atoms in total. The molecule has 1 saturated heterocycles. The van der Waals surface area contributed by atoms with Crippen LogP contribution in [-0.4, -0.2) is 47.5 Å². The Morgan fingerprint density at radius 1 is 1.26 bits per heavy atom. The van der Waals surface area contributed by atoms with Crippen LogP contribution in [0.25, 0.3) is 17.2 Å². The second-order valence-corrected chi connectivity index (χ2v) is 5.93. The summed E-state index contributed by atoms with van der Waals surface area (Å²) in [6.45, 7) is 3.47. The molecule has 1 aliphatic rings. The van der Waals surface area contributed by atoms with Crippen LogP contribution in [0.15, 0.2) is 18.5 Å². The summed E-state index contributed by atoms with van der Waals surface area (Å²) in [5.41, 5.74) is 2.77. The van der Waals surface area contributed by atoms with Gasteiger partial charge in [0.2, 0.25) is 0 Å². The normalized spacial score (nSPS) is 18.0. The molecule has 1 fully saturated rings. The molecule has 4 heterocycles. The Hall–Kier alpha value is -2.48. The summed E-state index contributed by atoms with van der Waals surface area (Å²) in [7, 11) is 3.81. The minimum atomic E-state index is 0.247. The molecule has 0 aliphatic carbocycles. The van der Waals surface area contributed by atoms with Gasteiger partial charge in [-0.05, 0) is 19.4 Å². The van der Waals surface area contributed by atoms with E-state index in [0.29, 0.717) is 6.61 Å². The van der Waals surface area contributed by atoms with E-state index in [0.717, 1.165) is 41.8 Å². The molecule has 120 valence electrons. The fourth-order valence-electron chi connectivity index (χ4n) is 2.77. The van der Waals surface area contributed by atoms with Crippen molar-refractivity contribution in [1.29, 1.82) is 0 Å². The van der Waals surface area contributed by atoms with Gasteiger partial charge in [-0.1, -0.05) is 0 Å². The van der Waals surface area contributed by atoms with Crippen LogP contribution < -0.4 is 0 Å². The number of ether oxygens (including phenoxy) is 1. The predicted octanol–water partition coefficient (Wildman–Crippen LogP) is 1.21. The number of hydrogen-bond acceptors (Lipinski definition) is 5. The van der Waals surface area contributed by atoms with Crippen LogP contribution in [0.3, 0.4) is 0 Å². The molecule has 0 amide bonds. The summed E-state index contributed by atoms with van der Waals surface area (Å²) in [6.07, 6.45) is 4.66. The van der Waals surface area contributed by atoms with Crippen molar-refractivity contribution in [2.24, 2.45) is 14.1 Å². The van der Waals surface area contributed by atoms with Gasteiger partial charge in [-0.25, -0.2) is 9.67 Å². The zero-order chi connectivity index (χ0) is 16.0. The first-order valence-corrected chi connectivity index (χ1v) is 7.66. The minimum absolute atomic E-state index is 0.247. The van der Waals surface area contributed by atoms with Crippen LogP contribution in [0.4, 0.5) is 0 Å². The maximum atomic E-state index is 5.47. The average molecular weight is 313 g/mol. The smallest absolute Gasteiger partial charge is 0.183 e. The van der Waals surface area contributed by atoms with Crippen molar-refractivity contribution in [2.75, 3.05) is 13.2 Å². The molecule has 4 rings (SSSR count). The summed E-state index contributed by atoms with van der Waals surface area (Å²) >= 11 is 0. The van der Waals surface area contributed by atoms with Crippen molar-refractivity contribution in [3.05, 3.63) is 30.0 Å². The Balaban J connectivity index is 1.84. The molecule has 0 spiro atoms. The van der Waals surface area contributed by atoms with E-state index in [1.807, 2.05) is 42.6 Å². The summed E-state index contributed by atoms with van der Waals surface area (Å²) in [5, 5.41) is 13.5. The molecule has 1 unspecified atom stereocenters. The molecular formula is C15H19N7O. The lowest BCUT2D eigenvalue weighted by atomic mass is 10.1. The largest absolute Gasteiger partial charge is 0.381 e. The van der Waals surface area contributed by atoms with Crippen LogP contribution in [0.5, 0.6) is 0 Å². The molecule has 0 saturated carbocycles. The predicted molar refractivity (Wildman–Crippen MR) is 83.2 cm³/mol. The number of rotatable bonds is 3. The molecule has 23 heavy (non-hydrogen) atoms. The Bertz CT molecular complexity index is 819. The Morgan fingerprint density at radius 3 is 2.74 bits per heavy atom. The van der Waals surface area contributed by atoms with Gasteiger partial charge in [-0.15, -0.1) is 0 Å². The van der Waals surface area contributed by atoms with Gasteiger partial charge in [-0.2, -0.15) is 15.3 Å². The maximum Gasteiger partial charge on any atom is 0.183 e. The van der Waals surface area contributed by atoms with E-state index in [9.17, 15) is 0 Å². The van der Waals surface area contributed by atoms with Gasteiger partial charge in [0.15, 0.2) is 11.6 Å². The van der Waals surface area contributed by atoms with E-state index in [4.69, 9.17) is 14.8 Å². The van der Waals surface area contributed by atoms with E-state index in [1.54, 1.807) is 10.9 Å². The van der Waals surface area contributed by atoms with Crippen molar-refractivity contribution < 1.29 is 4.74 Å². The second-order valence-electron chi connectivity index (χ2n) is 5.93. The molecule has 1 aliphatic heterocycles. The highest BCUT2D eigenvalue weighted by molar-refractivity contribution is 5.53. The van der Waals surface area contributed by atoms with E-state index in [-0.39, 0.29) is 5.92 Å². The van der Waals surface area contributed by atoms with Crippen LogP contribution >= 0.6 is 0 Å². The summed E-state index contributed by atoms with van der Waals surface area (Å²) in [4.78, 5) is 4.76. The topological polar surface area (TPSA) is 75.6 Å². The van der Waals surface area contributed by atoms with E-state index in [2.05, 4.69) is 10.2 Å². The molecule has 0 bridgehead atoms. The quantitative estimate of drug-likeness (QED) is 0.726. The molecule has 8 heteroatoms. The van der Waals surface area contributed by atoms with Crippen molar-refractivity contribution in [1.82, 2.24) is 34.3 Å². The lowest BCUT2D eigenvalue weighted by molar-refractivity contribution is 0.193. The summed E-state index contributed by atoms with van der Waals surface area (Å²) in [5.74, 6) is 1.80. The lowest BCUT2D eigenvalue weighted by Gasteiger charge is -2.00. The number of aromatic nitrogens is 7. The number of aryl methyl sites for hydroxylation is 3. The maximum absolute atomic E-state index is 5.47. The molecule has 0 aromatic carbocycles. The van der Waals surface area contributed by atoms with Gasteiger partial charge in [0.05, 0.1) is 19.0 Å². The molecule has 0 radical (unpaired) electrons. The molecule has 3 aromatic rings. The third kappa shape index (κ3) is 2.44. The lowest BCUT2D eigenvalue weighted by Crippen LogP contribution is -2.02. The number of nitrogens with zero attached hydrogens (tertiary/aromatic N) is 7. The minimum Gasteiger partial charge on any atom is -0.381 e. The molecule has 1 atom stereocenters. The highest BCUT2D eigenvalue weighted by Gasteiger charge is 2.25. The molecular weight excluding hydrogens is 294 g/mol. The summed E-state index contributed by atoms with van der Waals surface area (Å²) < 4.78 is 10.9. The fraction of sp³-hybridized carbons (Fsp3) is 0.467. The van der Waals surface area contributed by atoms with Crippen LogP contribution in [0, 0.1) is 6.92 Å². The third-order valence-electron chi connectivity index (χ3n) is 4.20. The van der Waals surface area contributed by atoms with Crippen molar-refractivity contribution in [3.8, 4) is 17.2 Å². The van der Waals surface area contributed by atoms with Crippen molar-refractivity contribution in [3.63, 3.8) is 0 Å². The van der Waals surface area contributed by atoms with E-state index < -0.39 is 0 Å². The molecule has 0 N–H and O–H groups in total. The zero-order valence-electron chi connectivity index (χ0n) is 13.5. The van der Waals surface area contributed by atoms with Crippen molar-refractivity contribution >= 4 is 0 Å². The highest BCUT2D eigenvalue weighted by Crippen LogP contribution is 2.27. The highest BCUT2D eigenvalue weighted by atomic mass is 16.5. The van der Waals surface area contributed by atoms with Crippen LogP contribution in [0.2, 0.25) is 0 Å². The summed E-state index contributed by atoms with van der Waals surface area (Å²) in [6, 6.07) is 2.02. The monoisotopic (exact) mass is 313 g/mol. The van der Waals surface area contributed by atoms with Crippen molar-refractivity contribution in [2.45, 2.75) is 19.3 Å². The van der Waals surface area contributed by atoms with Crippen LogP contribution in [0.1, 0.15) is 23.9 Å². The van der Waals surface area contributed by atoms with Gasteiger partial charge < -0.3 is 4.74 Å². The van der Waals surface area contributed by atoms with E-state index >= 15 is 0 Å².